The predicted molar refractivity (Wildman–Crippen MR) is 91.8 cm³/mol. The molecule has 3 aliphatic heterocycles. The van der Waals surface area contributed by atoms with Gasteiger partial charge >= 0.3 is 53.5 Å². The van der Waals surface area contributed by atoms with Crippen molar-refractivity contribution < 1.29 is 72.4 Å². The summed E-state index contributed by atoms with van der Waals surface area (Å²) in [5.41, 5.74) is 0. The lowest BCUT2D eigenvalue weighted by molar-refractivity contribution is -0.585. The van der Waals surface area contributed by atoms with Crippen molar-refractivity contribution in [1.29, 1.82) is 0 Å². The fourth-order valence-electron chi connectivity index (χ4n) is 3.03. The van der Waals surface area contributed by atoms with Crippen LogP contribution in [-0.4, -0.2) is 63.8 Å². The zero-order valence-corrected chi connectivity index (χ0v) is 17.1. The van der Waals surface area contributed by atoms with Crippen molar-refractivity contribution in [1.82, 2.24) is 0 Å². The van der Waals surface area contributed by atoms with E-state index in [1.807, 2.05) is 0 Å². The Balaban J connectivity index is 2.22. The monoisotopic (exact) mass is 476 g/mol. The molecule has 0 aromatic rings. The number of esters is 5. The number of hydrogen-bond acceptors (Lipinski definition) is 15. The Labute approximate surface area is 184 Å². The fraction of sp³-hybridized carbons (Fsp3) is 0.667. The fourth-order valence-corrected chi connectivity index (χ4v) is 3.03. The van der Waals surface area contributed by atoms with Crippen molar-refractivity contribution >= 4 is 35.8 Å². The lowest BCUT2D eigenvalue weighted by atomic mass is 10.1. The van der Waals surface area contributed by atoms with E-state index in [1.165, 1.54) is 0 Å². The molecule has 2 atom stereocenters. The molecule has 0 aromatic heterocycles. The number of cyclic esters (lactones) is 3. The van der Waals surface area contributed by atoms with Gasteiger partial charge in [0.2, 0.25) is 0 Å². The van der Waals surface area contributed by atoms with Gasteiger partial charge in [-0.15, -0.1) is 0 Å². The van der Waals surface area contributed by atoms with E-state index in [0.717, 1.165) is 0 Å². The lowest BCUT2D eigenvalue weighted by Gasteiger charge is -2.45. The summed E-state index contributed by atoms with van der Waals surface area (Å²) in [6.07, 6.45) is -3.26. The molecule has 0 aromatic carbocycles. The minimum Gasteiger partial charge on any atom is -0.413 e. The minimum absolute atomic E-state index is 0.0603. The SMILES string of the molecule is O=C1CCCC(=O)OC2(OO1)OC(=O)CCCC(=O)OC2(O)C1(O)OC(=O)CCCC(=O)O1. The van der Waals surface area contributed by atoms with E-state index in [0.29, 0.717) is 0 Å². The first-order valence-corrected chi connectivity index (χ1v) is 9.91. The molecule has 15 nitrogen and oxygen atoms in total. The molecular weight excluding hydrogens is 456 g/mol. The molecule has 33 heavy (non-hydrogen) atoms. The first kappa shape index (κ1) is 24.3. The molecule has 3 aliphatic rings. The number of hydrogen-bond donors (Lipinski definition) is 2. The lowest BCUT2D eigenvalue weighted by Crippen LogP contribution is -2.75. The molecule has 182 valence electrons. The third kappa shape index (κ3) is 5.04. The molecule has 3 rings (SSSR count). The zero-order chi connectivity index (χ0) is 24.3. The van der Waals surface area contributed by atoms with Gasteiger partial charge in [0, 0.05) is 38.5 Å². The van der Waals surface area contributed by atoms with Crippen molar-refractivity contribution in [2.24, 2.45) is 0 Å². The number of aliphatic hydroxyl groups is 2. The van der Waals surface area contributed by atoms with E-state index in [2.05, 4.69) is 19.2 Å². The number of carbonyl (C=O) groups is 6. The second-order valence-electron chi connectivity index (χ2n) is 7.25. The predicted octanol–water partition coefficient (Wildman–Crippen LogP) is -1.28. The molecule has 2 unspecified atom stereocenters. The van der Waals surface area contributed by atoms with Crippen LogP contribution in [0.4, 0.5) is 0 Å². The molecular formula is C18H20O15. The molecule has 0 bridgehead atoms. The van der Waals surface area contributed by atoms with Gasteiger partial charge in [0.1, 0.15) is 0 Å². The smallest absolute Gasteiger partial charge is 0.413 e. The third-order valence-electron chi connectivity index (χ3n) is 4.64. The molecule has 0 amide bonds. The molecule has 3 saturated heterocycles. The zero-order valence-electron chi connectivity index (χ0n) is 17.1. The van der Waals surface area contributed by atoms with E-state index in [-0.39, 0.29) is 25.7 Å². The Morgan fingerprint density at radius 2 is 0.879 bits per heavy atom. The average molecular weight is 476 g/mol. The van der Waals surface area contributed by atoms with E-state index < -0.39 is 85.7 Å². The van der Waals surface area contributed by atoms with Gasteiger partial charge in [0.05, 0.1) is 0 Å². The Kier molecular flexibility index (Phi) is 6.85. The van der Waals surface area contributed by atoms with Gasteiger partial charge in [0.25, 0.3) is 0 Å². The number of rotatable bonds is 1. The molecule has 1 spiro atoms. The van der Waals surface area contributed by atoms with E-state index in [9.17, 15) is 39.0 Å². The average Bonchev–Trinajstić information content (AvgIpc) is 2.79. The van der Waals surface area contributed by atoms with Gasteiger partial charge in [-0.1, -0.05) is 4.89 Å². The summed E-state index contributed by atoms with van der Waals surface area (Å²) in [6, 6.07) is 0. The van der Waals surface area contributed by atoms with E-state index >= 15 is 0 Å². The quantitative estimate of drug-likeness (QED) is 0.256. The maximum Gasteiger partial charge on any atom is 0.493 e. The molecule has 0 radical (unpaired) electrons. The summed E-state index contributed by atoms with van der Waals surface area (Å²) < 4.78 is 23.9. The third-order valence-corrected chi connectivity index (χ3v) is 4.64. The number of ether oxygens (including phenoxy) is 5. The minimum atomic E-state index is -4.11. The van der Waals surface area contributed by atoms with Crippen LogP contribution in [0.15, 0.2) is 0 Å². The Morgan fingerprint density at radius 3 is 1.33 bits per heavy atom. The van der Waals surface area contributed by atoms with Crippen LogP contribution in [0.25, 0.3) is 0 Å². The molecule has 0 aliphatic carbocycles. The van der Waals surface area contributed by atoms with Crippen molar-refractivity contribution in [2.45, 2.75) is 75.5 Å². The summed E-state index contributed by atoms with van der Waals surface area (Å²) in [4.78, 5) is 82.3. The van der Waals surface area contributed by atoms with Crippen molar-refractivity contribution in [2.75, 3.05) is 0 Å². The van der Waals surface area contributed by atoms with Crippen molar-refractivity contribution in [3.63, 3.8) is 0 Å². The Hall–Kier alpha value is -3.30. The topological polar surface area (TPSA) is 207 Å². The molecule has 15 heteroatoms. The first-order chi connectivity index (χ1) is 15.5. The molecule has 3 heterocycles. The van der Waals surface area contributed by atoms with Crippen LogP contribution in [0.1, 0.15) is 57.8 Å². The molecule has 3 fully saturated rings. The van der Waals surface area contributed by atoms with Crippen LogP contribution in [-0.2, 0) is 62.2 Å². The van der Waals surface area contributed by atoms with Gasteiger partial charge in [-0.25, -0.2) is 4.79 Å². The summed E-state index contributed by atoms with van der Waals surface area (Å²) in [7, 11) is 0. The van der Waals surface area contributed by atoms with Crippen molar-refractivity contribution in [3.8, 4) is 0 Å². The summed E-state index contributed by atoms with van der Waals surface area (Å²) in [5, 5.41) is 22.4. The normalized spacial score (nSPS) is 31.8. The van der Waals surface area contributed by atoms with Crippen LogP contribution < -0.4 is 0 Å². The second-order valence-corrected chi connectivity index (χ2v) is 7.25. The largest absolute Gasteiger partial charge is 0.493 e. The maximum atomic E-state index is 12.4. The van der Waals surface area contributed by atoms with Crippen molar-refractivity contribution in [3.05, 3.63) is 0 Å². The standard InChI is InChI=1S/C18H20O15/c19-10-4-1-7-13(22)30-18(31-14(23)8-3-9-15(24)32-33-18)16(25,27-10)17(26)28-11(20)5-2-6-12(21)29-17/h25-26H,1-9H2. The summed E-state index contributed by atoms with van der Waals surface area (Å²) >= 11 is 0. The van der Waals surface area contributed by atoms with Gasteiger partial charge in [-0.2, -0.15) is 0 Å². The molecule has 2 N–H and O–H groups in total. The highest BCUT2D eigenvalue weighted by Gasteiger charge is 2.81. The highest BCUT2D eigenvalue weighted by Crippen LogP contribution is 2.44. The van der Waals surface area contributed by atoms with E-state index in [4.69, 9.17) is 14.2 Å². The van der Waals surface area contributed by atoms with Gasteiger partial charge in [-0.05, 0) is 19.3 Å². The Bertz CT molecular complexity index is 829. The van der Waals surface area contributed by atoms with Gasteiger partial charge in [0.15, 0.2) is 0 Å². The Morgan fingerprint density at radius 1 is 0.515 bits per heavy atom. The highest BCUT2D eigenvalue weighted by atomic mass is 17.3. The molecule has 0 saturated carbocycles. The second kappa shape index (κ2) is 9.29. The van der Waals surface area contributed by atoms with Crippen LogP contribution in [0.2, 0.25) is 0 Å². The van der Waals surface area contributed by atoms with Crippen LogP contribution in [0.5, 0.6) is 0 Å². The van der Waals surface area contributed by atoms with Crippen LogP contribution >= 0.6 is 0 Å². The van der Waals surface area contributed by atoms with Gasteiger partial charge in [-0.3, -0.25) is 28.9 Å². The highest BCUT2D eigenvalue weighted by molar-refractivity contribution is 5.77. The number of carbonyl (C=O) groups excluding carboxylic acids is 6. The maximum absolute atomic E-state index is 12.4. The van der Waals surface area contributed by atoms with Crippen LogP contribution in [0.3, 0.4) is 0 Å². The first-order valence-electron chi connectivity index (χ1n) is 9.91. The van der Waals surface area contributed by atoms with E-state index in [1.54, 1.807) is 0 Å². The van der Waals surface area contributed by atoms with Gasteiger partial charge < -0.3 is 33.9 Å². The summed E-state index contributed by atoms with van der Waals surface area (Å²) in [6.45, 7) is 0. The summed E-state index contributed by atoms with van der Waals surface area (Å²) in [5.74, 6) is -19.5. The van der Waals surface area contributed by atoms with Crippen LogP contribution in [0, 0.1) is 0 Å².